The highest BCUT2D eigenvalue weighted by molar-refractivity contribution is 5.90. The maximum Gasteiger partial charge on any atom is 0.283 e. The number of imidazole rings is 1. The summed E-state index contributed by atoms with van der Waals surface area (Å²) in [5.41, 5.74) is 4.44. The Morgan fingerprint density at radius 2 is 1.78 bits per heavy atom. The minimum absolute atomic E-state index is 0.282. The topological polar surface area (TPSA) is 65.4 Å². The van der Waals surface area contributed by atoms with Crippen molar-refractivity contribution in [1.82, 2.24) is 9.66 Å². The van der Waals surface area contributed by atoms with E-state index in [1.54, 1.807) is 17.1 Å². The summed E-state index contributed by atoms with van der Waals surface area (Å²) >= 11 is 0. The molecule has 0 aliphatic carbocycles. The Morgan fingerprint density at radius 3 is 2.61 bits per heavy atom. The molecule has 1 N–H and O–H groups in total. The Balaban J connectivity index is 1.58. The van der Waals surface area contributed by atoms with Crippen LogP contribution < -0.4 is 14.9 Å². The minimum Gasteiger partial charge on any atom is -0.482 e. The van der Waals surface area contributed by atoms with Crippen LogP contribution in [-0.4, -0.2) is 27.8 Å². The van der Waals surface area contributed by atoms with E-state index in [-0.39, 0.29) is 12.0 Å². The highest BCUT2D eigenvalue weighted by atomic mass is 16.6. The number of carbonyl (C=O) groups excluding carboxylic acids is 1. The van der Waals surface area contributed by atoms with E-state index < -0.39 is 6.10 Å². The van der Waals surface area contributed by atoms with Crippen molar-refractivity contribution in [3.05, 3.63) is 54.9 Å². The molecule has 2 atom stereocenters. The molecule has 116 valence electrons. The molecule has 1 amide bonds. The van der Waals surface area contributed by atoms with Gasteiger partial charge in [0.1, 0.15) is 12.4 Å². The fraction of sp³-hybridized carbons (Fsp3) is 0.176. The molecular formula is C17H15N3O3. The van der Waals surface area contributed by atoms with E-state index in [0.717, 1.165) is 11.0 Å². The number of hydrogen-bond acceptors (Lipinski definition) is 4. The molecule has 0 saturated heterocycles. The predicted molar refractivity (Wildman–Crippen MR) is 85.0 cm³/mol. The molecule has 1 aromatic heterocycles. The van der Waals surface area contributed by atoms with Gasteiger partial charge in [-0.25, -0.2) is 9.66 Å². The predicted octanol–water partition coefficient (Wildman–Crippen LogP) is 2.33. The molecule has 6 nitrogen and oxygen atoms in total. The number of aromatic nitrogens is 2. The molecule has 0 bridgehead atoms. The van der Waals surface area contributed by atoms with Gasteiger partial charge in [-0.2, -0.15) is 0 Å². The van der Waals surface area contributed by atoms with Crippen molar-refractivity contribution in [2.75, 3.05) is 5.43 Å². The van der Waals surface area contributed by atoms with E-state index in [9.17, 15) is 4.79 Å². The second-order valence-electron chi connectivity index (χ2n) is 5.39. The van der Waals surface area contributed by atoms with Crippen LogP contribution in [0, 0.1) is 0 Å². The van der Waals surface area contributed by atoms with Gasteiger partial charge in [-0.15, -0.1) is 0 Å². The first-order valence-corrected chi connectivity index (χ1v) is 7.38. The summed E-state index contributed by atoms with van der Waals surface area (Å²) in [6.07, 6.45) is 0.455. The standard InChI is InChI=1S/C17H15N3O3/c1-11-16(23-15-9-5-4-8-14(15)22-11)17(21)19-20-10-18-12-6-2-3-7-13(12)20/h2-11,16H,1H3,(H,19,21)/t11-,16+/m1/s1. The zero-order chi connectivity index (χ0) is 15.8. The molecule has 0 saturated carbocycles. The van der Waals surface area contributed by atoms with Gasteiger partial charge in [-0.05, 0) is 31.2 Å². The van der Waals surface area contributed by atoms with E-state index in [4.69, 9.17) is 9.47 Å². The molecule has 2 aromatic carbocycles. The van der Waals surface area contributed by atoms with Crippen LogP contribution >= 0.6 is 0 Å². The van der Waals surface area contributed by atoms with Gasteiger partial charge in [0.2, 0.25) is 6.10 Å². The summed E-state index contributed by atoms with van der Waals surface area (Å²) in [7, 11) is 0. The fourth-order valence-electron chi connectivity index (χ4n) is 2.64. The molecule has 1 aliphatic heterocycles. The molecule has 2 heterocycles. The average molecular weight is 309 g/mol. The summed E-state index contributed by atoms with van der Waals surface area (Å²) in [5.74, 6) is 0.938. The van der Waals surface area contributed by atoms with Crippen LogP contribution in [0.3, 0.4) is 0 Å². The van der Waals surface area contributed by atoms with E-state index in [0.29, 0.717) is 11.5 Å². The van der Waals surface area contributed by atoms with E-state index in [2.05, 4.69) is 10.4 Å². The van der Waals surface area contributed by atoms with Gasteiger partial charge < -0.3 is 9.47 Å². The number of nitrogens with zero attached hydrogens (tertiary/aromatic N) is 2. The number of ether oxygens (including phenoxy) is 2. The number of nitrogens with one attached hydrogen (secondary N) is 1. The number of rotatable bonds is 2. The lowest BCUT2D eigenvalue weighted by molar-refractivity contribution is -0.128. The zero-order valence-electron chi connectivity index (χ0n) is 12.5. The maximum absolute atomic E-state index is 12.6. The smallest absolute Gasteiger partial charge is 0.283 e. The number of carbonyl (C=O) groups is 1. The van der Waals surface area contributed by atoms with E-state index >= 15 is 0 Å². The lowest BCUT2D eigenvalue weighted by Crippen LogP contribution is -2.48. The Labute approximate surface area is 132 Å². The first-order valence-electron chi connectivity index (χ1n) is 7.38. The summed E-state index contributed by atoms with van der Waals surface area (Å²) in [4.78, 5) is 16.8. The van der Waals surface area contributed by atoms with Crippen LogP contribution in [0.25, 0.3) is 11.0 Å². The van der Waals surface area contributed by atoms with Crippen LogP contribution in [0.2, 0.25) is 0 Å². The summed E-state index contributed by atoms with van der Waals surface area (Å²) in [5, 5.41) is 0. The number of benzene rings is 2. The van der Waals surface area contributed by atoms with Crippen LogP contribution in [0.1, 0.15) is 6.92 Å². The molecule has 0 fully saturated rings. The second kappa shape index (κ2) is 5.31. The van der Waals surface area contributed by atoms with Crippen molar-refractivity contribution < 1.29 is 14.3 Å². The van der Waals surface area contributed by atoms with Gasteiger partial charge in [-0.1, -0.05) is 24.3 Å². The molecule has 0 spiro atoms. The SMILES string of the molecule is C[C@H]1Oc2ccccc2O[C@@H]1C(=O)Nn1cnc2ccccc21. The zero-order valence-corrected chi connectivity index (χ0v) is 12.5. The number of amides is 1. The van der Waals surface area contributed by atoms with Crippen molar-refractivity contribution in [3.63, 3.8) is 0 Å². The van der Waals surface area contributed by atoms with Crippen molar-refractivity contribution in [2.45, 2.75) is 19.1 Å². The number of para-hydroxylation sites is 4. The van der Waals surface area contributed by atoms with Crippen molar-refractivity contribution in [1.29, 1.82) is 0 Å². The highest BCUT2D eigenvalue weighted by Crippen LogP contribution is 2.33. The third kappa shape index (κ3) is 2.38. The third-order valence-electron chi connectivity index (χ3n) is 3.78. The van der Waals surface area contributed by atoms with Gasteiger partial charge in [0.15, 0.2) is 11.5 Å². The molecule has 23 heavy (non-hydrogen) atoms. The average Bonchev–Trinajstić information content (AvgIpc) is 2.97. The lowest BCUT2D eigenvalue weighted by Gasteiger charge is -2.31. The molecule has 6 heteroatoms. The van der Waals surface area contributed by atoms with Crippen molar-refractivity contribution in [2.24, 2.45) is 0 Å². The maximum atomic E-state index is 12.6. The van der Waals surface area contributed by atoms with E-state index in [1.807, 2.05) is 49.4 Å². The first-order chi connectivity index (χ1) is 11.2. The minimum atomic E-state index is -0.730. The summed E-state index contributed by atoms with van der Waals surface area (Å²) < 4.78 is 13.1. The monoisotopic (exact) mass is 309 g/mol. The molecule has 4 rings (SSSR count). The Hall–Kier alpha value is -3.02. The van der Waals surface area contributed by atoms with Gasteiger partial charge in [0.25, 0.3) is 5.91 Å². The van der Waals surface area contributed by atoms with Crippen LogP contribution in [-0.2, 0) is 4.79 Å². The second-order valence-corrected chi connectivity index (χ2v) is 5.39. The van der Waals surface area contributed by atoms with Gasteiger partial charge >= 0.3 is 0 Å². The van der Waals surface area contributed by atoms with Gasteiger partial charge in [0, 0.05) is 0 Å². The van der Waals surface area contributed by atoms with Crippen LogP contribution in [0.15, 0.2) is 54.9 Å². The lowest BCUT2D eigenvalue weighted by atomic mass is 10.1. The van der Waals surface area contributed by atoms with Crippen molar-refractivity contribution >= 4 is 16.9 Å². The quantitative estimate of drug-likeness (QED) is 0.789. The van der Waals surface area contributed by atoms with E-state index in [1.165, 1.54) is 0 Å². The van der Waals surface area contributed by atoms with Crippen LogP contribution in [0.5, 0.6) is 11.5 Å². The van der Waals surface area contributed by atoms with Gasteiger partial charge in [0.05, 0.1) is 11.0 Å². The largest absolute Gasteiger partial charge is 0.482 e. The Bertz CT molecular complexity index is 874. The Morgan fingerprint density at radius 1 is 1.09 bits per heavy atom. The third-order valence-corrected chi connectivity index (χ3v) is 3.78. The number of hydrogen-bond donors (Lipinski definition) is 1. The van der Waals surface area contributed by atoms with Gasteiger partial charge in [-0.3, -0.25) is 10.2 Å². The van der Waals surface area contributed by atoms with Crippen molar-refractivity contribution in [3.8, 4) is 11.5 Å². The summed E-state index contributed by atoms with van der Waals surface area (Å²) in [6, 6.07) is 14.9. The molecule has 1 aliphatic rings. The number of fused-ring (bicyclic) bond motifs is 2. The summed E-state index contributed by atoms with van der Waals surface area (Å²) in [6.45, 7) is 1.81. The highest BCUT2D eigenvalue weighted by Gasteiger charge is 2.34. The molecular weight excluding hydrogens is 294 g/mol. The van der Waals surface area contributed by atoms with Crippen LogP contribution in [0.4, 0.5) is 0 Å². The first kappa shape index (κ1) is 13.6. The normalized spacial score (nSPS) is 19.5. The fourth-order valence-corrected chi connectivity index (χ4v) is 2.64. The molecule has 0 unspecified atom stereocenters. The molecule has 3 aromatic rings. The molecule has 0 radical (unpaired) electrons. The Kier molecular flexibility index (Phi) is 3.15.